The van der Waals surface area contributed by atoms with E-state index in [0.717, 1.165) is 11.3 Å². The minimum atomic E-state index is -1.03. The number of benzene rings is 2. The van der Waals surface area contributed by atoms with Crippen molar-refractivity contribution in [2.24, 2.45) is 5.73 Å². The van der Waals surface area contributed by atoms with Crippen molar-refractivity contribution in [1.82, 2.24) is 4.98 Å². The number of aromatic nitrogens is 1. The molecule has 3 rings (SSSR count). The average molecular weight is 413 g/mol. The van der Waals surface area contributed by atoms with Gasteiger partial charge in [-0.15, -0.1) is 11.3 Å². The van der Waals surface area contributed by atoms with Crippen LogP contribution in [0.5, 0.6) is 5.75 Å². The van der Waals surface area contributed by atoms with Crippen LogP contribution in [0.15, 0.2) is 35.7 Å². The molecule has 0 unspecified atom stereocenters. The van der Waals surface area contributed by atoms with Crippen molar-refractivity contribution >= 4 is 28.8 Å². The lowest BCUT2D eigenvalue weighted by atomic mass is 10.1. The van der Waals surface area contributed by atoms with Crippen molar-refractivity contribution in [3.05, 3.63) is 80.0 Å². The first kappa shape index (κ1) is 19.2. The predicted octanol–water partition coefficient (Wildman–Crippen LogP) is 4.48. The molecule has 0 radical (unpaired) electrons. The average Bonchev–Trinajstić information content (AvgIpc) is 3.04. The lowest BCUT2D eigenvalue weighted by Crippen LogP contribution is -2.10. The van der Waals surface area contributed by atoms with E-state index in [9.17, 15) is 18.0 Å². The van der Waals surface area contributed by atoms with Crippen LogP contribution in [0, 0.1) is 17.5 Å². The second-order valence-corrected chi connectivity index (χ2v) is 6.87. The molecule has 2 N–H and O–H groups in total. The molecule has 1 aromatic heterocycles. The number of primary amides is 1. The van der Waals surface area contributed by atoms with Crippen molar-refractivity contribution in [3.8, 4) is 5.75 Å². The fourth-order valence-corrected chi connectivity index (χ4v) is 3.25. The molecule has 0 saturated heterocycles. The minimum absolute atomic E-state index is 0.171. The number of carbonyl (C=O) groups is 1. The van der Waals surface area contributed by atoms with Crippen LogP contribution in [0.25, 0.3) is 0 Å². The minimum Gasteiger partial charge on any atom is -0.488 e. The Bertz CT molecular complexity index is 987. The van der Waals surface area contributed by atoms with Gasteiger partial charge in [-0.1, -0.05) is 11.6 Å². The van der Waals surface area contributed by atoms with Gasteiger partial charge in [-0.05, 0) is 18.2 Å². The maximum Gasteiger partial charge on any atom is 0.277 e. The van der Waals surface area contributed by atoms with Crippen LogP contribution in [0.3, 0.4) is 0 Å². The zero-order valence-electron chi connectivity index (χ0n) is 13.6. The maximum absolute atomic E-state index is 13.8. The third kappa shape index (κ3) is 4.58. The second-order valence-electron chi connectivity index (χ2n) is 5.57. The molecule has 0 spiro atoms. The van der Waals surface area contributed by atoms with Gasteiger partial charge in [0.25, 0.3) is 5.91 Å². The molecule has 0 fully saturated rings. The molecular formula is C18H12ClF3N2O2S. The first-order chi connectivity index (χ1) is 12.8. The van der Waals surface area contributed by atoms with E-state index in [-0.39, 0.29) is 17.0 Å². The molecule has 1 heterocycles. The first-order valence-electron chi connectivity index (χ1n) is 7.62. The van der Waals surface area contributed by atoms with E-state index in [1.807, 2.05) is 0 Å². The van der Waals surface area contributed by atoms with E-state index in [4.69, 9.17) is 22.1 Å². The number of ether oxygens (including phenoxy) is 1. The van der Waals surface area contributed by atoms with E-state index in [1.165, 1.54) is 0 Å². The van der Waals surface area contributed by atoms with Gasteiger partial charge in [0.1, 0.15) is 29.8 Å². The van der Waals surface area contributed by atoms with Gasteiger partial charge < -0.3 is 10.5 Å². The lowest BCUT2D eigenvalue weighted by Gasteiger charge is -2.12. The van der Waals surface area contributed by atoms with Gasteiger partial charge in [0.15, 0.2) is 5.01 Å². The highest BCUT2D eigenvalue weighted by Gasteiger charge is 2.15. The van der Waals surface area contributed by atoms with Gasteiger partial charge in [0, 0.05) is 34.5 Å². The molecule has 9 heteroatoms. The monoisotopic (exact) mass is 412 g/mol. The largest absolute Gasteiger partial charge is 0.488 e. The summed E-state index contributed by atoms with van der Waals surface area (Å²) in [4.78, 5) is 15.3. The highest BCUT2D eigenvalue weighted by atomic mass is 35.5. The fraction of sp³-hybridized carbons (Fsp3) is 0.111. The number of amides is 1. The number of nitrogens with zero attached hydrogens (tertiary/aromatic N) is 1. The quantitative estimate of drug-likeness (QED) is 0.649. The molecule has 0 bridgehead atoms. The van der Waals surface area contributed by atoms with E-state index >= 15 is 0 Å². The zero-order chi connectivity index (χ0) is 19.6. The molecule has 1 amide bonds. The third-order valence-corrected chi connectivity index (χ3v) is 4.78. The summed E-state index contributed by atoms with van der Waals surface area (Å²) in [6.45, 7) is -0.434. The fourth-order valence-electron chi connectivity index (χ4n) is 2.38. The molecule has 0 aliphatic carbocycles. The number of nitrogens with two attached hydrogens (primary N) is 1. The predicted molar refractivity (Wildman–Crippen MR) is 95.5 cm³/mol. The summed E-state index contributed by atoms with van der Waals surface area (Å²) >= 11 is 7.12. The van der Waals surface area contributed by atoms with Crippen LogP contribution in [0.2, 0.25) is 5.02 Å². The van der Waals surface area contributed by atoms with Gasteiger partial charge in [-0.3, -0.25) is 4.79 Å². The summed E-state index contributed by atoms with van der Waals surface area (Å²) in [5.41, 5.74) is 5.98. The Balaban J connectivity index is 1.83. The molecule has 27 heavy (non-hydrogen) atoms. The van der Waals surface area contributed by atoms with Gasteiger partial charge in [0.05, 0.1) is 11.3 Å². The van der Waals surface area contributed by atoms with Gasteiger partial charge >= 0.3 is 0 Å². The lowest BCUT2D eigenvalue weighted by molar-refractivity contribution is 0.0999. The van der Waals surface area contributed by atoms with Gasteiger partial charge in [-0.25, -0.2) is 18.2 Å². The number of carbonyl (C=O) groups excluding carboxylic acids is 1. The molecule has 140 valence electrons. The summed E-state index contributed by atoms with van der Waals surface area (Å²) in [5.74, 6) is -3.37. The van der Waals surface area contributed by atoms with Crippen molar-refractivity contribution in [3.63, 3.8) is 0 Å². The second kappa shape index (κ2) is 7.98. The van der Waals surface area contributed by atoms with E-state index < -0.39 is 30.0 Å². The van der Waals surface area contributed by atoms with Crippen LogP contribution < -0.4 is 10.5 Å². The summed E-state index contributed by atoms with van der Waals surface area (Å²) < 4.78 is 46.1. The number of thiazole rings is 1. The highest BCUT2D eigenvalue weighted by Crippen LogP contribution is 2.27. The van der Waals surface area contributed by atoms with E-state index in [2.05, 4.69) is 4.98 Å². The molecule has 3 aromatic rings. The molecule has 0 saturated carbocycles. The summed E-state index contributed by atoms with van der Waals surface area (Å²) in [6, 6.07) is 5.92. The number of halogens is 4. The number of hydrogen-bond acceptors (Lipinski definition) is 4. The zero-order valence-corrected chi connectivity index (χ0v) is 15.2. The Morgan fingerprint density at radius 2 is 1.89 bits per heavy atom. The molecular weight excluding hydrogens is 401 g/mol. The van der Waals surface area contributed by atoms with Crippen LogP contribution >= 0.6 is 22.9 Å². The maximum atomic E-state index is 13.8. The molecule has 4 nitrogen and oxygen atoms in total. The van der Waals surface area contributed by atoms with Crippen molar-refractivity contribution < 1.29 is 22.7 Å². The smallest absolute Gasteiger partial charge is 0.277 e. The topological polar surface area (TPSA) is 65.2 Å². The number of rotatable bonds is 6. The summed E-state index contributed by atoms with van der Waals surface area (Å²) in [5, 5.41) is 2.27. The van der Waals surface area contributed by atoms with Crippen molar-refractivity contribution in [1.29, 1.82) is 0 Å². The number of hydrogen-bond donors (Lipinski definition) is 1. The van der Waals surface area contributed by atoms with Crippen molar-refractivity contribution in [2.75, 3.05) is 0 Å². The standard InChI is InChI=1S/C18H12ClF3N2O2S/c19-10-1-2-16(26-7-13-14(21)5-11(20)6-15(13)22)9(3-10)4-12-8-27-18(24-12)17(23)25/h1-3,5-6,8H,4,7H2,(H2,23,25). The summed E-state index contributed by atoms with van der Waals surface area (Å²) in [6.07, 6.45) is 0.272. The van der Waals surface area contributed by atoms with Crippen molar-refractivity contribution in [2.45, 2.75) is 13.0 Å². The molecule has 0 aliphatic heterocycles. The Labute approximate surface area is 161 Å². The first-order valence-corrected chi connectivity index (χ1v) is 8.88. The Morgan fingerprint density at radius 1 is 1.19 bits per heavy atom. The van der Waals surface area contributed by atoms with E-state index in [1.54, 1.807) is 23.6 Å². The Kier molecular flexibility index (Phi) is 5.67. The van der Waals surface area contributed by atoms with Crippen LogP contribution in [0.4, 0.5) is 13.2 Å². The van der Waals surface area contributed by atoms with Gasteiger partial charge in [0.2, 0.25) is 0 Å². The highest BCUT2D eigenvalue weighted by molar-refractivity contribution is 7.11. The third-order valence-electron chi connectivity index (χ3n) is 3.63. The normalized spacial score (nSPS) is 10.8. The molecule has 0 aliphatic rings. The Hall–Kier alpha value is -2.58. The van der Waals surface area contributed by atoms with E-state index in [0.29, 0.717) is 34.2 Å². The van der Waals surface area contributed by atoms with Gasteiger partial charge in [-0.2, -0.15) is 0 Å². The van der Waals surface area contributed by atoms with Crippen LogP contribution in [-0.4, -0.2) is 10.9 Å². The Morgan fingerprint density at radius 3 is 2.52 bits per heavy atom. The SMILES string of the molecule is NC(=O)c1nc(Cc2cc(Cl)ccc2OCc2c(F)cc(F)cc2F)cs1. The summed E-state index contributed by atoms with van der Waals surface area (Å²) in [7, 11) is 0. The van der Waals surface area contributed by atoms with Crippen LogP contribution in [0.1, 0.15) is 26.6 Å². The van der Waals surface area contributed by atoms with Crippen LogP contribution in [-0.2, 0) is 13.0 Å². The molecule has 0 atom stereocenters. The molecule has 2 aromatic carbocycles.